The number of allylic oxidation sites excluding steroid dienone is 3. The molecule has 0 amide bonds. The van der Waals surface area contributed by atoms with Crippen LogP contribution in [-0.4, -0.2) is 8.07 Å². The lowest BCUT2D eigenvalue weighted by Crippen LogP contribution is -2.30. The Labute approximate surface area is 90.4 Å². The van der Waals surface area contributed by atoms with Crippen molar-refractivity contribution in [3.05, 3.63) is 36.5 Å². The lowest BCUT2D eigenvalue weighted by Gasteiger charge is -2.28. The highest BCUT2D eigenvalue weighted by atomic mass is 28.3. The minimum absolute atomic E-state index is 1.20. The van der Waals surface area contributed by atoms with Gasteiger partial charge in [0.2, 0.25) is 0 Å². The van der Waals surface area contributed by atoms with Crippen LogP contribution in [0, 0.1) is 0 Å². The summed E-state index contributed by atoms with van der Waals surface area (Å²) in [4.78, 5) is 0. The molecule has 0 N–H and O–H groups in total. The highest BCUT2D eigenvalue weighted by Crippen LogP contribution is 2.29. The van der Waals surface area contributed by atoms with Crippen LogP contribution in [0.2, 0.25) is 24.7 Å². The van der Waals surface area contributed by atoms with E-state index in [1.165, 1.54) is 34.9 Å². The smallest absolute Gasteiger partial charge is 0.0625 e. The summed E-state index contributed by atoms with van der Waals surface area (Å²) < 4.78 is 0. The van der Waals surface area contributed by atoms with Crippen molar-refractivity contribution in [1.82, 2.24) is 0 Å². The topological polar surface area (TPSA) is 0 Å². The summed E-state index contributed by atoms with van der Waals surface area (Å²) in [6.45, 7) is 20.9. The zero-order chi connectivity index (χ0) is 11.4. The van der Waals surface area contributed by atoms with Crippen molar-refractivity contribution in [3.63, 3.8) is 0 Å². The number of rotatable bonds is 6. The third-order valence-corrected chi connectivity index (χ3v) is 6.56. The molecule has 14 heavy (non-hydrogen) atoms. The number of hydrogen-bond acceptors (Lipinski definition) is 0. The lowest BCUT2D eigenvalue weighted by molar-refractivity contribution is 1.19. The van der Waals surface area contributed by atoms with E-state index in [0.29, 0.717) is 0 Å². The maximum Gasteiger partial charge on any atom is 0.0625 e. The van der Waals surface area contributed by atoms with Gasteiger partial charge in [0, 0.05) is 0 Å². The third-order valence-electron chi connectivity index (χ3n) is 2.19. The molecule has 0 aliphatic rings. The zero-order valence-corrected chi connectivity index (χ0v) is 11.2. The minimum Gasteiger partial charge on any atom is -0.100 e. The third kappa shape index (κ3) is 5.98. The Morgan fingerprint density at radius 3 is 1.14 bits per heavy atom. The van der Waals surface area contributed by atoms with Gasteiger partial charge in [-0.2, -0.15) is 0 Å². The SMILES string of the molecule is C=C(C)C[Si](C)(CC(=C)C)CC(=C)C. The van der Waals surface area contributed by atoms with E-state index in [-0.39, 0.29) is 0 Å². The van der Waals surface area contributed by atoms with Gasteiger partial charge in [-0.15, -0.1) is 19.7 Å². The molecule has 0 spiro atoms. The highest BCUT2D eigenvalue weighted by molar-refractivity contribution is 6.80. The Bertz CT molecular complexity index is 207. The Balaban J connectivity index is 4.56. The Hall–Kier alpha value is -0.563. The molecule has 0 nitrogen and oxygen atoms in total. The number of hydrogen-bond donors (Lipinski definition) is 0. The molecule has 0 aromatic rings. The molecule has 0 atom stereocenters. The first-order chi connectivity index (χ1) is 6.25. The van der Waals surface area contributed by atoms with Crippen molar-refractivity contribution < 1.29 is 0 Å². The van der Waals surface area contributed by atoms with E-state index in [1.54, 1.807) is 0 Å². The fraction of sp³-hybridized carbons (Fsp3) is 0.538. The van der Waals surface area contributed by atoms with Gasteiger partial charge in [-0.05, 0) is 38.9 Å². The predicted molar refractivity (Wildman–Crippen MR) is 70.5 cm³/mol. The van der Waals surface area contributed by atoms with Gasteiger partial charge in [-0.1, -0.05) is 23.3 Å². The Kier molecular flexibility index (Phi) is 5.14. The van der Waals surface area contributed by atoms with Gasteiger partial charge >= 0.3 is 0 Å². The van der Waals surface area contributed by atoms with Crippen molar-refractivity contribution in [3.8, 4) is 0 Å². The quantitative estimate of drug-likeness (QED) is 0.435. The van der Waals surface area contributed by atoms with Crippen molar-refractivity contribution >= 4 is 8.07 Å². The average Bonchev–Trinajstić information content (AvgIpc) is 1.76. The molecule has 0 aliphatic carbocycles. The van der Waals surface area contributed by atoms with Crippen molar-refractivity contribution in [2.24, 2.45) is 0 Å². The minimum atomic E-state index is -1.24. The first-order valence-electron chi connectivity index (χ1n) is 5.18. The molecule has 0 saturated carbocycles. The normalized spacial score (nSPS) is 11.1. The molecule has 80 valence electrons. The molecule has 0 fully saturated rings. The maximum atomic E-state index is 4.03. The molecule has 0 aromatic carbocycles. The molecule has 0 heterocycles. The first kappa shape index (κ1) is 13.4. The van der Waals surface area contributed by atoms with Gasteiger partial charge in [0.05, 0.1) is 8.07 Å². The molecule has 0 rings (SSSR count). The summed E-state index contributed by atoms with van der Waals surface area (Å²) in [5.74, 6) is 0. The summed E-state index contributed by atoms with van der Waals surface area (Å²) in [6.07, 6.45) is 0. The van der Waals surface area contributed by atoms with Crippen molar-refractivity contribution in [1.29, 1.82) is 0 Å². The van der Waals surface area contributed by atoms with Gasteiger partial charge in [-0.25, -0.2) is 0 Å². The maximum absolute atomic E-state index is 4.03. The summed E-state index contributed by atoms with van der Waals surface area (Å²) in [7, 11) is -1.24. The summed E-state index contributed by atoms with van der Waals surface area (Å²) in [5, 5.41) is 0. The van der Waals surface area contributed by atoms with Crippen LogP contribution in [0.3, 0.4) is 0 Å². The molecule has 0 aromatic heterocycles. The van der Waals surface area contributed by atoms with Crippen LogP contribution >= 0.6 is 0 Å². The molecule has 0 saturated heterocycles. The molecule has 1 heteroatoms. The van der Waals surface area contributed by atoms with Crippen molar-refractivity contribution in [2.45, 2.75) is 45.5 Å². The highest BCUT2D eigenvalue weighted by Gasteiger charge is 2.26. The van der Waals surface area contributed by atoms with Crippen LogP contribution < -0.4 is 0 Å². The van der Waals surface area contributed by atoms with E-state index >= 15 is 0 Å². The molecule has 0 unspecified atom stereocenters. The second kappa shape index (κ2) is 5.35. The largest absolute Gasteiger partial charge is 0.100 e. The molecule has 0 bridgehead atoms. The molecule has 0 radical (unpaired) electrons. The van der Waals surface area contributed by atoms with E-state index in [1.807, 2.05) is 0 Å². The van der Waals surface area contributed by atoms with Gasteiger partial charge in [0.1, 0.15) is 0 Å². The van der Waals surface area contributed by atoms with Crippen LogP contribution in [0.15, 0.2) is 36.5 Å². The lowest BCUT2D eigenvalue weighted by atomic mass is 10.4. The van der Waals surface area contributed by atoms with Gasteiger partial charge < -0.3 is 0 Å². The van der Waals surface area contributed by atoms with Crippen LogP contribution in [0.5, 0.6) is 0 Å². The van der Waals surface area contributed by atoms with E-state index < -0.39 is 8.07 Å². The van der Waals surface area contributed by atoms with Crippen LogP contribution in [0.4, 0.5) is 0 Å². The second-order valence-electron chi connectivity index (χ2n) is 5.21. The van der Waals surface area contributed by atoms with Crippen LogP contribution in [-0.2, 0) is 0 Å². The van der Waals surface area contributed by atoms with E-state index in [0.717, 1.165) is 0 Å². The van der Waals surface area contributed by atoms with Gasteiger partial charge in [0.15, 0.2) is 0 Å². The summed E-state index contributed by atoms with van der Waals surface area (Å²) >= 11 is 0. The molecular formula is C13H24Si. The van der Waals surface area contributed by atoms with Gasteiger partial charge in [-0.3, -0.25) is 0 Å². The standard InChI is InChI=1S/C13H24Si/c1-11(2)8-14(7,9-12(3)4)10-13(5)6/h1,3,5,8-10H2,2,4,6-7H3. The predicted octanol–water partition coefficient (Wildman–Crippen LogP) is 4.79. The second-order valence-corrected chi connectivity index (χ2v) is 9.89. The van der Waals surface area contributed by atoms with E-state index in [9.17, 15) is 0 Å². The van der Waals surface area contributed by atoms with E-state index in [2.05, 4.69) is 47.1 Å². The van der Waals surface area contributed by atoms with Crippen LogP contribution in [0.1, 0.15) is 20.8 Å². The average molecular weight is 208 g/mol. The van der Waals surface area contributed by atoms with E-state index in [4.69, 9.17) is 0 Å². The monoisotopic (exact) mass is 208 g/mol. The summed E-state index contributed by atoms with van der Waals surface area (Å²) in [6, 6.07) is 3.60. The van der Waals surface area contributed by atoms with Crippen molar-refractivity contribution in [2.75, 3.05) is 0 Å². The first-order valence-corrected chi connectivity index (χ1v) is 8.30. The Morgan fingerprint density at radius 2 is 1.00 bits per heavy atom. The fourth-order valence-corrected chi connectivity index (χ4v) is 7.12. The van der Waals surface area contributed by atoms with Crippen LogP contribution in [0.25, 0.3) is 0 Å². The summed E-state index contributed by atoms with van der Waals surface area (Å²) in [5.41, 5.74) is 3.92. The van der Waals surface area contributed by atoms with Gasteiger partial charge in [0.25, 0.3) is 0 Å². The Morgan fingerprint density at radius 1 is 0.786 bits per heavy atom. The zero-order valence-electron chi connectivity index (χ0n) is 10.2. The molecule has 0 aliphatic heterocycles. The fourth-order valence-electron chi connectivity index (χ4n) is 2.37. The molecular weight excluding hydrogens is 184 g/mol.